The van der Waals surface area contributed by atoms with Crippen LogP contribution in [0.3, 0.4) is 0 Å². The molecule has 0 aliphatic carbocycles. The third-order valence-corrected chi connectivity index (χ3v) is 3.92. The fraction of sp³-hybridized carbons (Fsp3) is 0.238. The third-order valence-electron chi connectivity index (χ3n) is 3.92. The minimum absolute atomic E-state index is 0.185. The lowest BCUT2D eigenvalue weighted by Crippen LogP contribution is -2.34. The minimum Gasteiger partial charge on any atom is -0.493 e. The fourth-order valence-electron chi connectivity index (χ4n) is 2.31. The Balaban J connectivity index is 1.79. The van der Waals surface area contributed by atoms with Gasteiger partial charge in [0.05, 0.1) is 34.1 Å². The average molecular weight is 429 g/mol. The van der Waals surface area contributed by atoms with Crippen molar-refractivity contribution in [3.05, 3.63) is 53.6 Å². The number of hydrogen-bond donors (Lipinski definition) is 2. The molecule has 0 heterocycles. The van der Waals surface area contributed by atoms with Gasteiger partial charge in [0.25, 0.3) is 11.8 Å². The van der Waals surface area contributed by atoms with Gasteiger partial charge < -0.3 is 24.3 Å². The van der Waals surface area contributed by atoms with E-state index in [1.807, 2.05) is 0 Å². The summed E-state index contributed by atoms with van der Waals surface area (Å²) in [4.78, 5) is 35.1. The van der Waals surface area contributed by atoms with E-state index in [1.54, 1.807) is 36.4 Å². The number of benzene rings is 2. The SMILES string of the molecule is COC(=O)COc1ccc(/C=N/NC(=O)CNC(=O)c2ccc(OC)c(OC)c2)cc1. The van der Waals surface area contributed by atoms with Crippen molar-refractivity contribution >= 4 is 24.0 Å². The second-order valence-corrected chi connectivity index (χ2v) is 5.98. The molecule has 0 saturated carbocycles. The molecule has 0 aliphatic heterocycles. The fourth-order valence-corrected chi connectivity index (χ4v) is 2.31. The Morgan fingerprint density at radius 1 is 0.968 bits per heavy atom. The van der Waals surface area contributed by atoms with Gasteiger partial charge in [-0.25, -0.2) is 10.2 Å². The second-order valence-electron chi connectivity index (χ2n) is 5.98. The summed E-state index contributed by atoms with van der Waals surface area (Å²) in [5.74, 6) is -0.0260. The molecule has 10 heteroatoms. The smallest absolute Gasteiger partial charge is 0.343 e. The number of methoxy groups -OCH3 is 3. The Morgan fingerprint density at radius 3 is 2.32 bits per heavy atom. The zero-order valence-electron chi connectivity index (χ0n) is 17.3. The zero-order chi connectivity index (χ0) is 22.6. The summed E-state index contributed by atoms with van der Waals surface area (Å²) in [6.45, 7) is -0.445. The van der Waals surface area contributed by atoms with E-state index in [2.05, 4.69) is 20.6 Å². The monoisotopic (exact) mass is 429 g/mol. The van der Waals surface area contributed by atoms with Crippen LogP contribution in [0.4, 0.5) is 0 Å². The number of ether oxygens (including phenoxy) is 4. The zero-order valence-corrected chi connectivity index (χ0v) is 17.3. The molecule has 0 unspecified atom stereocenters. The summed E-state index contributed by atoms with van der Waals surface area (Å²) in [6, 6.07) is 11.4. The van der Waals surface area contributed by atoms with Gasteiger partial charge in [-0.2, -0.15) is 5.10 Å². The lowest BCUT2D eigenvalue weighted by Gasteiger charge is -2.09. The van der Waals surface area contributed by atoms with E-state index >= 15 is 0 Å². The van der Waals surface area contributed by atoms with Gasteiger partial charge in [0, 0.05) is 5.56 Å². The number of hydrazone groups is 1. The molecular weight excluding hydrogens is 406 g/mol. The summed E-state index contributed by atoms with van der Waals surface area (Å²) >= 11 is 0. The maximum atomic E-state index is 12.2. The molecular formula is C21H23N3O7. The topological polar surface area (TPSA) is 125 Å². The van der Waals surface area contributed by atoms with Crippen LogP contribution in [0.1, 0.15) is 15.9 Å². The number of hydrogen-bond acceptors (Lipinski definition) is 8. The van der Waals surface area contributed by atoms with Gasteiger partial charge in [0.2, 0.25) is 0 Å². The molecule has 2 rings (SSSR count). The van der Waals surface area contributed by atoms with Gasteiger partial charge in [0.1, 0.15) is 5.75 Å². The van der Waals surface area contributed by atoms with E-state index in [9.17, 15) is 14.4 Å². The Labute approximate surface area is 179 Å². The predicted molar refractivity (Wildman–Crippen MR) is 112 cm³/mol. The highest BCUT2D eigenvalue weighted by Gasteiger charge is 2.11. The van der Waals surface area contributed by atoms with E-state index in [0.717, 1.165) is 0 Å². The largest absolute Gasteiger partial charge is 0.493 e. The summed E-state index contributed by atoms with van der Waals surface area (Å²) in [6.07, 6.45) is 1.43. The number of esters is 1. The molecule has 2 aromatic carbocycles. The van der Waals surface area contributed by atoms with Crippen molar-refractivity contribution in [2.75, 3.05) is 34.5 Å². The quantitative estimate of drug-likeness (QED) is 0.330. The molecule has 0 aliphatic rings. The Hall–Kier alpha value is -4.08. The molecule has 2 N–H and O–H groups in total. The maximum Gasteiger partial charge on any atom is 0.343 e. The van der Waals surface area contributed by atoms with E-state index in [4.69, 9.17) is 14.2 Å². The minimum atomic E-state index is -0.497. The molecule has 0 fully saturated rings. The van der Waals surface area contributed by atoms with Crippen LogP contribution in [0.2, 0.25) is 0 Å². The number of carbonyl (C=O) groups is 3. The van der Waals surface area contributed by atoms with Crippen LogP contribution < -0.4 is 25.0 Å². The van der Waals surface area contributed by atoms with Gasteiger partial charge in [-0.1, -0.05) is 0 Å². The predicted octanol–water partition coefficient (Wildman–Crippen LogP) is 1.14. The van der Waals surface area contributed by atoms with Crippen molar-refractivity contribution in [2.24, 2.45) is 5.10 Å². The molecule has 31 heavy (non-hydrogen) atoms. The van der Waals surface area contributed by atoms with Crippen molar-refractivity contribution in [1.82, 2.24) is 10.7 Å². The van der Waals surface area contributed by atoms with Gasteiger partial charge >= 0.3 is 5.97 Å². The molecule has 2 amide bonds. The average Bonchev–Trinajstić information content (AvgIpc) is 2.81. The second kappa shape index (κ2) is 11.8. The molecule has 0 bridgehead atoms. The number of carbonyl (C=O) groups excluding carboxylic acids is 3. The number of nitrogens with zero attached hydrogens (tertiary/aromatic N) is 1. The lowest BCUT2D eigenvalue weighted by molar-refractivity contribution is -0.142. The molecule has 164 valence electrons. The van der Waals surface area contributed by atoms with Gasteiger partial charge in [-0.05, 0) is 48.0 Å². The van der Waals surface area contributed by atoms with Crippen LogP contribution in [-0.4, -0.2) is 58.5 Å². The third kappa shape index (κ3) is 7.35. The van der Waals surface area contributed by atoms with Crippen LogP contribution >= 0.6 is 0 Å². The molecule has 0 spiro atoms. The lowest BCUT2D eigenvalue weighted by atomic mass is 10.2. The number of rotatable bonds is 10. The van der Waals surface area contributed by atoms with Gasteiger partial charge in [0.15, 0.2) is 18.1 Å². The van der Waals surface area contributed by atoms with Gasteiger partial charge in [-0.15, -0.1) is 0 Å². The summed E-state index contributed by atoms with van der Waals surface area (Å²) in [5, 5.41) is 6.33. The first-order chi connectivity index (χ1) is 15.0. The highest BCUT2D eigenvalue weighted by molar-refractivity contribution is 5.97. The van der Waals surface area contributed by atoms with Crippen LogP contribution in [0.25, 0.3) is 0 Å². The Bertz CT molecular complexity index is 942. The summed E-state index contributed by atoms with van der Waals surface area (Å²) in [5.41, 5.74) is 3.34. The maximum absolute atomic E-state index is 12.2. The highest BCUT2D eigenvalue weighted by atomic mass is 16.6. The van der Waals surface area contributed by atoms with Crippen molar-refractivity contribution in [3.8, 4) is 17.2 Å². The van der Waals surface area contributed by atoms with Crippen LogP contribution in [0.5, 0.6) is 17.2 Å². The Kier molecular flexibility index (Phi) is 8.84. The van der Waals surface area contributed by atoms with Crippen molar-refractivity contribution in [1.29, 1.82) is 0 Å². The normalized spacial score (nSPS) is 10.3. The highest BCUT2D eigenvalue weighted by Crippen LogP contribution is 2.27. The standard InChI is InChI=1S/C21H23N3O7/c1-28-17-9-6-15(10-18(17)29-2)21(27)22-12-19(25)24-23-11-14-4-7-16(8-5-14)31-13-20(26)30-3/h4-11H,12-13H2,1-3H3,(H,22,27)(H,24,25)/b23-11+. The van der Waals surface area contributed by atoms with E-state index in [1.165, 1.54) is 33.6 Å². The van der Waals surface area contributed by atoms with E-state index in [-0.39, 0.29) is 13.2 Å². The van der Waals surface area contributed by atoms with Crippen LogP contribution in [-0.2, 0) is 14.3 Å². The Morgan fingerprint density at radius 2 is 1.68 bits per heavy atom. The molecule has 0 atom stereocenters. The molecule has 0 aromatic heterocycles. The first-order valence-electron chi connectivity index (χ1n) is 9.08. The number of amides is 2. The van der Waals surface area contributed by atoms with Gasteiger partial charge in [-0.3, -0.25) is 9.59 Å². The van der Waals surface area contributed by atoms with E-state index < -0.39 is 17.8 Å². The van der Waals surface area contributed by atoms with Crippen molar-refractivity contribution in [3.63, 3.8) is 0 Å². The first kappa shape index (κ1) is 23.2. The van der Waals surface area contributed by atoms with Crippen molar-refractivity contribution < 1.29 is 33.3 Å². The van der Waals surface area contributed by atoms with E-state index in [0.29, 0.717) is 28.4 Å². The van der Waals surface area contributed by atoms with Crippen molar-refractivity contribution in [2.45, 2.75) is 0 Å². The molecule has 0 saturated heterocycles. The summed E-state index contributed by atoms with van der Waals surface area (Å²) in [7, 11) is 4.24. The summed E-state index contributed by atoms with van der Waals surface area (Å²) < 4.78 is 20.0. The first-order valence-corrected chi connectivity index (χ1v) is 9.08. The molecule has 10 nitrogen and oxygen atoms in total. The molecule has 2 aromatic rings. The van der Waals surface area contributed by atoms with Crippen LogP contribution in [0, 0.1) is 0 Å². The molecule has 0 radical (unpaired) electrons. The number of nitrogens with one attached hydrogen (secondary N) is 2. The van der Waals surface area contributed by atoms with Crippen LogP contribution in [0.15, 0.2) is 47.6 Å².